The van der Waals surface area contributed by atoms with Crippen molar-refractivity contribution in [3.63, 3.8) is 0 Å². The van der Waals surface area contributed by atoms with Gasteiger partial charge >= 0.3 is 5.97 Å². The molecule has 1 N–H and O–H groups in total. The Morgan fingerprint density at radius 2 is 2.00 bits per heavy atom. The number of nitro groups is 1. The second-order valence-corrected chi connectivity index (χ2v) is 6.73. The highest BCUT2D eigenvalue weighted by Crippen LogP contribution is 2.31. The van der Waals surface area contributed by atoms with E-state index in [2.05, 4.69) is 5.32 Å². The van der Waals surface area contributed by atoms with Crippen molar-refractivity contribution in [2.24, 2.45) is 5.92 Å². The van der Waals surface area contributed by atoms with Crippen LogP contribution in [0, 0.1) is 16.0 Å². The molecule has 0 bridgehead atoms. The van der Waals surface area contributed by atoms with Gasteiger partial charge in [0, 0.05) is 30.8 Å². The van der Waals surface area contributed by atoms with Crippen LogP contribution >= 0.6 is 11.6 Å². The normalized spacial score (nSPS) is 15.8. The second kappa shape index (κ2) is 8.70. The Balaban J connectivity index is 1.54. The number of carbonyl (C=O) groups excluding carboxylic acids is 3. The van der Waals surface area contributed by atoms with Crippen LogP contribution in [0.1, 0.15) is 6.42 Å². The molecular formula is C19H16ClN3O6. The smallest absolute Gasteiger partial charge is 0.311 e. The third-order valence-corrected chi connectivity index (χ3v) is 4.61. The van der Waals surface area contributed by atoms with E-state index >= 15 is 0 Å². The summed E-state index contributed by atoms with van der Waals surface area (Å²) in [5.41, 5.74) is 0.544. The molecule has 0 aromatic heterocycles. The molecule has 3 rings (SSSR count). The standard InChI is InChI=1S/C19H16ClN3O6/c20-15-6-1-2-7-16(15)22-10-12(8-18(22)25)19(26)29-11-17(24)21-13-4-3-5-14(9-13)23(27)28/h1-7,9,12H,8,10-11H2,(H,21,24)/t12-/m1/s1. The van der Waals surface area contributed by atoms with E-state index in [1.165, 1.54) is 29.2 Å². The Morgan fingerprint density at radius 1 is 1.24 bits per heavy atom. The van der Waals surface area contributed by atoms with Crippen molar-refractivity contribution < 1.29 is 24.0 Å². The lowest BCUT2D eigenvalue weighted by Crippen LogP contribution is -2.28. The van der Waals surface area contributed by atoms with Crippen molar-refractivity contribution in [3.05, 3.63) is 63.7 Å². The van der Waals surface area contributed by atoms with E-state index in [9.17, 15) is 24.5 Å². The first-order valence-electron chi connectivity index (χ1n) is 8.61. The zero-order chi connectivity index (χ0) is 21.0. The summed E-state index contributed by atoms with van der Waals surface area (Å²) in [6, 6.07) is 12.2. The molecule has 1 saturated heterocycles. The number of hydrogen-bond donors (Lipinski definition) is 1. The molecule has 2 amide bonds. The molecule has 1 aliphatic rings. The summed E-state index contributed by atoms with van der Waals surface area (Å²) in [5, 5.41) is 13.6. The van der Waals surface area contributed by atoms with Crippen LogP contribution in [0.2, 0.25) is 5.02 Å². The van der Waals surface area contributed by atoms with Gasteiger partial charge in [-0.1, -0.05) is 29.8 Å². The molecule has 2 aromatic carbocycles. The van der Waals surface area contributed by atoms with Gasteiger partial charge in [-0.15, -0.1) is 0 Å². The lowest BCUT2D eigenvalue weighted by atomic mass is 10.1. The molecule has 2 aromatic rings. The summed E-state index contributed by atoms with van der Waals surface area (Å²) in [6.07, 6.45) is -0.0451. The Hall–Kier alpha value is -3.46. The van der Waals surface area contributed by atoms with Gasteiger partial charge in [0.05, 0.1) is 21.6 Å². The number of hydrogen-bond acceptors (Lipinski definition) is 6. The van der Waals surface area contributed by atoms with Crippen molar-refractivity contribution in [3.8, 4) is 0 Å². The molecule has 1 heterocycles. The van der Waals surface area contributed by atoms with Crippen molar-refractivity contribution in [2.75, 3.05) is 23.4 Å². The molecule has 1 atom stereocenters. The highest BCUT2D eigenvalue weighted by molar-refractivity contribution is 6.33. The van der Waals surface area contributed by atoms with E-state index in [1.54, 1.807) is 24.3 Å². The van der Waals surface area contributed by atoms with Gasteiger partial charge in [0.25, 0.3) is 11.6 Å². The summed E-state index contributed by atoms with van der Waals surface area (Å²) in [5.74, 6) is -2.31. The van der Waals surface area contributed by atoms with Gasteiger partial charge in [-0.3, -0.25) is 24.5 Å². The fraction of sp³-hybridized carbons (Fsp3) is 0.211. The van der Waals surface area contributed by atoms with Crippen LogP contribution in [0.15, 0.2) is 48.5 Å². The molecule has 9 nitrogen and oxygen atoms in total. The van der Waals surface area contributed by atoms with Gasteiger partial charge < -0.3 is 15.0 Å². The zero-order valence-electron chi connectivity index (χ0n) is 15.0. The Morgan fingerprint density at radius 3 is 2.72 bits per heavy atom. The second-order valence-electron chi connectivity index (χ2n) is 6.32. The SMILES string of the molecule is O=C(COC(=O)[C@@H]1CC(=O)N(c2ccccc2Cl)C1)Nc1cccc([N+](=O)[O-])c1. The first-order chi connectivity index (χ1) is 13.8. The summed E-state index contributed by atoms with van der Waals surface area (Å²) in [4.78, 5) is 48.0. The van der Waals surface area contributed by atoms with Crippen molar-refractivity contribution in [1.29, 1.82) is 0 Å². The number of carbonyl (C=O) groups is 3. The maximum absolute atomic E-state index is 12.2. The van der Waals surface area contributed by atoms with Crippen molar-refractivity contribution >= 4 is 46.4 Å². The maximum Gasteiger partial charge on any atom is 0.311 e. The van der Waals surface area contributed by atoms with E-state index in [-0.39, 0.29) is 30.2 Å². The number of nitro benzene ring substituents is 1. The minimum atomic E-state index is -0.718. The van der Waals surface area contributed by atoms with Gasteiger partial charge in [0.2, 0.25) is 5.91 Å². The van der Waals surface area contributed by atoms with Gasteiger partial charge in [-0.2, -0.15) is 0 Å². The number of para-hydroxylation sites is 1. The summed E-state index contributed by atoms with van der Waals surface area (Å²) in [7, 11) is 0. The first kappa shape index (κ1) is 20.3. The van der Waals surface area contributed by atoms with Gasteiger partial charge in [-0.25, -0.2) is 0 Å². The van der Waals surface area contributed by atoms with Crippen molar-refractivity contribution in [1.82, 2.24) is 0 Å². The number of nitrogens with one attached hydrogen (secondary N) is 1. The average Bonchev–Trinajstić information content (AvgIpc) is 3.08. The van der Waals surface area contributed by atoms with E-state index < -0.39 is 29.3 Å². The number of nitrogens with zero attached hydrogens (tertiary/aromatic N) is 2. The van der Waals surface area contributed by atoms with Crippen LogP contribution in [-0.2, 0) is 19.1 Å². The van der Waals surface area contributed by atoms with Gasteiger partial charge in [-0.05, 0) is 18.2 Å². The van der Waals surface area contributed by atoms with E-state index in [0.717, 1.165) is 0 Å². The largest absolute Gasteiger partial charge is 0.455 e. The maximum atomic E-state index is 12.2. The van der Waals surface area contributed by atoms with Crippen LogP contribution < -0.4 is 10.2 Å². The predicted octanol–water partition coefficient (Wildman–Crippen LogP) is 2.78. The highest BCUT2D eigenvalue weighted by Gasteiger charge is 2.37. The Labute approximate surface area is 170 Å². The molecule has 0 unspecified atom stereocenters. The monoisotopic (exact) mass is 417 g/mol. The van der Waals surface area contributed by atoms with Gasteiger partial charge in [0.15, 0.2) is 6.61 Å². The summed E-state index contributed by atoms with van der Waals surface area (Å²) >= 11 is 6.10. The first-order valence-corrected chi connectivity index (χ1v) is 8.99. The molecule has 10 heteroatoms. The van der Waals surface area contributed by atoms with Crippen LogP contribution in [0.3, 0.4) is 0 Å². The number of rotatable bonds is 6. The summed E-state index contributed by atoms with van der Waals surface area (Å²) < 4.78 is 5.00. The highest BCUT2D eigenvalue weighted by atomic mass is 35.5. The van der Waals surface area contributed by atoms with E-state index in [4.69, 9.17) is 16.3 Å². The van der Waals surface area contributed by atoms with E-state index in [1.807, 2.05) is 0 Å². The molecule has 0 aliphatic carbocycles. The number of amides is 2. The fourth-order valence-corrected chi connectivity index (χ4v) is 3.16. The van der Waals surface area contributed by atoms with E-state index in [0.29, 0.717) is 10.7 Å². The summed E-state index contributed by atoms with van der Waals surface area (Å²) in [6.45, 7) is -0.466. The lowest BCUT2D eigenvalue weighted by Gasteiger charge is -2.17. The molecule has 0 spiro atoms. The lowest BCUT2D eigenvalue weighted by molar-refractivity contribution is -0.384. The predicted molar refractivity (Wildman–Crippen MR) is 105 cm³/mol. The number of benzene rings is 2. The van der Waals surface area contributed by atoms with Crippen LogP contribution in [0.4, 0.5) is 17.1 Å². The number of anilines is 2. The molecule has 0 saturated carbocycles. The Bertz CT molecular complexity index is 980. The number of non-ortho nitro benzene ring substituents is 1. The fourth-order valence-electron chi connectivity index (χ4n) is 2.92. The topological polar surface area (TPSA) is 119 Å². The van der Waals surface area contributed by atoms with Crippen LogP contribution in [0.25, 0.3) is 0 Å². The minimum Gasteiger partial charge on any atom is -0.455 e. The molecule has 1 fully saturated rings. The van der Waals surface area contributed by atoms with Crippen molar-refractivity contribution in [2.45, 2.75) is 6.42 Å². The zero-order valence-corrected chi connectivity index (χ0v) is 15.8. The van der Waals surface area contributed by atoms with Crippen LogP contribution in [-0.4, -0.2) is 35.9 Å². The minimum absolute atomic E-state index is 0.0451. The quantitative estimate of drug-likeness (QED) is 0.438. The molecule has 0 radical (unpaired) electrons. The third-order valence-electron chi connectivity index (χ3n) is 4.29. The molecule has 150 valence electrons. The molecular weight excluding hydrogens is 402 g/mol. The number of esters is 1. The molecule has 29 heavy (non-hydrogen) atoms. The Kier molecular flexibility index (Phi) is 6.08. The van der Waals surface area contributed by atoms with Crippen LogP contribution in [0.5, 0.6) is 0 Å². The van der Waals surface area contributed by atoms with Gasteiger partial charge in [0.1, 0.15) is 0 Å². The average molecular weight is 418 g/mol. The number of halogens is 1. The molecule has 1 aliphatic heterocycles. The third kappa shape index (κ3) is 4.88. The number of ether oxygens (including phenoxy) is 1.